The van der Waals surface area contributed by atoms with Gasteiger partial charge in [0.05, 0.1) is 6.10 Å². The van der Waals surface area contributed by atoms with Crippen LogP contribution in [0, 0.1) is 28.1 Å². The molecule has 3 aliphatic carbocycles. The topological polar surface area (TPSA) is 20.2 Å². The molecule has 0 radical (unpaired) electrons. The molecule has 6 atom stereocenters. The van der Waals surface area contributed by atoms with Crippen LogP contribution in [0.25, 0.3) is 0 Å². The van der Waals surface area contributed by atoms with Crippen LogP contribution in [0.2, 0.25) is 0 Å². The van der Waals surface area contributed by atoms with Gasteiger partial charge in [0.25, 0.3) is 0 Å². The Bertz CT molecular complexity index is 734. The van der Waals surface area contributed by atoms with E-state index in [2.05, 4.69) is 63.8 Å². The van der Waals surface area contributed by atoms with Gasteiger partial charge in [-0.05, 0) is 66.8 Å². The third kappa shape index (κ3) is 2.94. The molecule has 0 saturated heterocycles. The number of fused-ring (bicyclic) bond motifs is 3. The quantitative estimate of drug-likeness (QED) is 0.581. The lowest BCUT2D eigenvalue weighted by Gasteiger charge is -2.60. The fraction of sp³-hybridized carbons (Fsp3) is 0.615. The maximum absolute atomic E-state index is 11.4. The first kappa shape index (κ1) is 19.0. The maximum atomic E-state index is 11.4. The molecular weight excluding hydrogens is 328 g/mol. The zero-order valence-corrected chi connectivity index (χ0v) is 17.4. The highest BCUT2D eigenvalue weighted by atomic mass is 16.3. The molecule has 1 aromatic carbocycles. The second-order valence-corrected chi connectivity index (χ2v) is 10.3. The van der Waals surface area contributed by atoms with Crippen molar-refractivity contribution in [2.45, 2.75) is 71.8 Å². The van der Waals surface area contributed by atoms with Crippen LogP contribution in [0.5, 0.6) is 0 Å². The normalized spacial score (nSPS) is 42.4. The zero-order chi connectivity index (χ0) is 19.3. The summed E-state index contributed by atoms with van der Waals surface area (Å²) < 4.78 is 0. The van der Waals surface area contributed by atoms with Crippen LogP contribution >= 0.6 is 0 Å². The van der Waals surface area contributed by atoms with E-state index in [1.54, 1.807) is 5.57 Å². The Hall–Kier alpha value is -1.34. The summed E-state index contributed by atoms with van der Waals surface area (Å²) in [6.07, 6.45) is 12.9. The van der Waals surface area contributed by atoms with E-state index in [1.165, 1.54) is 32.1 Å². The van der Waals surface area contributed by atoms with Crippen LogP contribution in [-0.4, -0.2) is 5.11 Å². The summed E-state index contributed by atoms with van der Waals surface area (Å²) in [5, 5.41) is 11.4. The van der Waals surface area contributed by atoms with Crippen molar-refractivity contribution in [3.05, 3.63) is 60.2 Å². The second kappa shape index (κ2) is 6.62. The third-order valence-electron chi connectivity index (χ3n) is 8.61. The van der Waals surface area contributed by atoms with E-state index in [0.717, 1.165) is 18.4 Å². The molecule has 0 amide bonds. The molecule has 2 unspecified atom stereocenters. The van der Waals surface area contributed by atoms with Gasteiger partial charge in [-0.25, -0.2) is 0 Å². The van der Waals surface area contributed by atoms with Gasteiger partial charge in [-0.1, -0.05) is 75.2 Å². The summed E-state index contributed by atoms with van der Waals surface area (Å²) in [6, 6.07) is 10.4. The summed E-state index contributed by atoms with van der Waals surface area (Å²) in [5.74, 6) is 1.27. The van der Waals surface area contributed by atoms with Crippen molar-refractivity contribution in [2.24, 2.45) is 28.1 Å². The highest BCUT2D eigenvalue weighted by Gasteiger charge is 2.57. The first-order valence-electron chi connectivity index (χ1n) is 10.9. The lowest BCUT2D eigenvalue weighted by atomic mass is 9.45. The highest BCUT2D eigenvalue weighted by Crippen LogP contribution is 2.66. The lowest BCUT2D eigenvalue weighted by Crippen LogP contribution is -2.52. The molecule has 1 aromatic rings. The largest absolute Gasteiger partial charge is 0.388 e. The molecule has 1 N–H and O–H groups in total. The number of aliphatic hydroxyl groups is 1. The fourth-order valence-corrected chi connectivity index (χ4v) is 7.01. The predicted molar refractivity (Wildman–Crippen MR) is 113 cm³/mol. The van der Waals surface area contributed by atoms with Crippen molar-refractivity contribution in [2.75, 3.05) is 0 Å². The molecule has 0 bridgehead atoms. The van der Waals surface area contributed by atoms with E-state index in [9.17, 15) is 5.11 Å². The van der Waals surface area contributed by atoms with Gasteiger partial charge in [0, 0.05) is 5.41 Å². The van der Waals surface area contributed by atoms with E-state index < -0.39 is 0 Å². The van der Waals surface area contributed by atoms with Gasteiger partial charge >= 0.3 is 0 Å². The van der Waals surface area contributed by atoms with Crippen molar-refractivity contribution in [3.63, 3.8) is 0 Å². The zero-order valence-electron chi connectivity index (χ0n) is 17.4. The van der Waals surface area contributed by atoms with Crippen LogP contribution < -0.4 is 0 Å². The smallest absolute Gasteiger partial charge is 0.0846 e. The average Bonchev–Trinajstić information content (AvgIpc) is 2.67. The Balaban J connectivity index is 1.70. The van der Waals surface area contributed by atoms with Gasteiger partial charge in [0.1, 0.15) is 0 Å². The molecule has 0 aliphatic heterocycles. The highest BCUT2D eigenvalue weighted by molar-refractivity contribution is 5.30. The van der Waals surface area contributed by atoms with Crippen LogP contribution in [-0.2, 0) is 0 Å². The predicted octanol–water partition coefficient (Wildman–Crippen LogP) is 6.86. The third-order valence-corrected chi connectivity index (χ3v) is 8.61. The van der Waals surface area contributed by atoms with E-state index in [-0.39, 0.29) is 22.3 Å². The Morgan fingerprint density at radius 1 is 1.11 bits per heavy atom. The summed E-state index contributed by atoms with van der Waals surface area (Å²) in [5.41, 5.74) is 3.26. The van der Waals surface area contributed by atoms with Gasteiger partial charge < -0.3 is 5.11 Å². The van der Waals surface area contributed by atoms with E-state index in [1.807, 2.05) is 6.07 Å². The number of aliphatic hydroxyl groups excluding tert-OH is 1. The molecule has 2 saturated carbocycles. The van der Waals surface area contributed by atoms with Crippen molar-refractivity contribution in [3.8, 4) is 0 Å². The van der Waals surface area contributed by atoms with Gasteiger partial charge in [-0.15, -0.1) is 6.58 Å². The fourth-order valence-electron chi connectivity index (χ4n) is 7.01. The van der Waals surface area contributed by atoms with Crippen molar-refractivity contribution in [1.82, 2.24) is 0 Å². The summed E-state index contributed by atoms with van der Waals surface area (Å²) in [4.78, 5) is 0. The molecule has 27 heavy (non-hydrogen) atoms. The Kier molecular flexibility index (Phi) is 4.66. The molecule has 4 rings (SSSR count). The van der Waals surface area contributed by atoms with Crippen LogP contribution in [0.3, 0.4) is 0 Å². The second-order valence-electron chi connectivity index (χ2n) is 10.3. The molecule has 1 nitrogen and oxygen atoms in total. The van der Waals surface area contributed by atoms with Crippen molar-refractivity contribution in [1.29, 1.82) is 0 Å². The maximum Gasteiger partial charge on any atom is 0.0846 e. The molecule has 0 aromatic heterocycles. The number of rotatable bonds is 3. The average molecular weight is 365 g/mol. The van der Waals surface area contributed by atoms with Crippen molar-refractivity contribution >= 4 is 0 Å². The van der Waals surface area contributed by atoms with E-state index in [4.69, 9.17) is 0 Å². The Morgan fingerprint density at radius 2 is 1.85 bits per heavy atom. The summed E-state index contributed by atoms with van der Waals surface area (Å²) >= 11 is 0. The van der Waals surface area contributed by atoms with Crippen LogP contribution in [0.1, 0.15) is 77.4 Å². The minimum absolute atomic E-state index is 0.0423. The van der Waals surface area contributed by atoms with Gasteiger partial charge in [0.15, 0.2) is 0 Å². The molecule has 146 valence electrons. The van der Waals surface area contributed by atoms with Gasteiger partial charge in [0.2, 0.25) is 0 Å². The van der Waals surface area contributed by atoms with Crippen molar-refractivity contribution < 1.29 is 5.11 Å². The molecule has 1 heteroatoms. The molecule has 0 spiro atoms. The Morgan fingerprint density at radius 3 is 2.56 bits per heavy atom. The van der Waals surface area contributed by atoms with Gasteiger partial charge in [-0.3, -0.25) is 0 Å². The number of hydrogen-bond donors (Lipinski definition) is 1. The SMILES string of the molecule is C=C[C@]1(C)CC=C2C(CCC3[C@@](C)([C@H](O)c4ccccc4)CCC[C@]23C)C1. The Labute approximate surface area is 165 Å². The number of hydrogen-bond acceptors (Lipinski definition) is 1. The van der Waals surface area contributed by atoms with Crippen LogP contribution in [0.15, 0.2) is 54.6 Å². The van der Waals surface area contributed by atoms with Crippen LogP contribution in [0.4, 0.5) is 0 Å². The first-order valence-corrected chi connectivity index (χ1v) is 10.9. The molecular formula is C26H36O. The van der Waals surface area contributed by atoms with E-state index in [0.29, 0.717) is 11.8 Å². The molecule has 2 fully saturated rings. The minimum Gasteiger partial charge on any atom is -0.388 e. The molecule has 3 aliphatic rings. The number of allylic oxidation sites excluding steroid dienone is 3. The standard InChI is InChI=1S/C26H36O/c1-5-24(2)17-14-21-20(18-24)12-13-22-25(21,3)15-9-16-26(22,4)23(27)19-10-7-6-8-11-19/h5-8,10-11,14,20,22-23,27H,1,9,12-13,15-18H2,2-4H3/t20?,22?,23-,24-,25-,26+/m1/s1. The molecule has 0 heterocycles. The monoisotopic (exact) mass is 364 g/mol. The summed E-state index contributed by atoms with van der Waals surface area (Å²) in [6.45, 7) is 11.4. The van der Waals surface area contributed by atoms with E-state index >= 15 is 0 Å². The lowest BCUT2D eigenvalue weighted by molar-refractivity contribution is -0.101. The number of benzene rings is 1. The van der Waals surface area contributed by atoms with Gasteiger partial charge in [-0.2, -0.15) is 0 Å². The first-order chi connectivity index (χ1) is 12.8. The minimum atomic E-state index is -0.373. The summed E-state index contributed by atoms with van der Waals surface area (Å²) in [7, 11) is 0.